The first-order valence-corrected chi connectivity index (χ1v) is 4.05. The molecule has 2 nitrogen and oxygen atoms in total. The summed E-state index contributed by atoms with van der Waals surface area (Å²) < 4.78 is 0. The van der Waals surface area contributed by atoms with E-state index in [1.165, 1.54) is 19.3 Å². The minimum Gasteiger partial charge on any atom is -0.305 e. The van der Waals surface area contributed by atoms with Crippen molar-refractivity contribution in [2.75, 3.05) is 14.1 Å². The van der Waals surface area contributed by atoms with Crippen molar-refractivity contribution >= 4 is 0 Å². The van der Waals surface area contributed by atoms with Gasteiger partial charge < -0.3 is 10.6 Å². The maximum atomic E-state index is 3.24. The van der Waals surface area contributed by atoms with Crippen LogP contribution in [0.4, 0.5) is 0 Å². The van der Waals surface area contributed by atoms with Gasteiger partial charge in [-0.05, 0) is 38.8 Å². The lowest BCUT2D eigenvalue weighted by Gasteiger charge is -2.18. The van der Waals surface area contributed by atoms with Crippen molar-refractivity contribution in [2.24, 2.45) is 5.41 Å². The Kier molecular flexibility index (Phi) is 2.32. The van der Waals surface area contributed by atoms with Crippen LogP contribution < -0.4 is 10.6 Å². The van der Waals surface area contributed by atoms with Gasteiger partial charge in [-0.1, -0.05) is 6.92 Å². The molecule has 1 aliphatic rings. The molecule has 1 aliphatic carbocycles. The maximum Gasteiger partial charge on any atom is 0.0572 e. The lowest BCUT2D eigenvalue weighted by atomic mass is 10.0. The molecule has 0 aliphatic heterocycles. The van der Waals surface area contributed by atoms with E-state index in [-0.39, 0.29) is 0 Å². The Labute approximate surface area is 63.4 Å². The van der Waals surface area contributed by atoms with Crippen LogP contribution in [0.1, 0.15) is 26.2 Å². The summed E-state index contributed by atoms with van der Waals surface area (Å²) in [6.07, 6.45) is 4.59. The van der Waals surface area contributed by atoms with E-state index in [1.54, 1.807) is 0 Å². The molecular weight excluding hydrogens is 124 g/mol. The standard InChI is InChI=1S/C8H18N2/c1-8(4-5-8)6-7(9-2)10-3/h7,9-10H,4-6H2,1-3H3. The van der Waals surface area contributed by atoms with Crippen LogP contribution in [0, 0.1) is 5.41 Å². The van der Waals surface area contributed by atoms with E-state index in [1.807, 2.05) is 14.1 Å². The quantitative estimate of drug-likeness (QED) is 0.571. The molecule has 0 aromatic heterocycles. The molecule has 0 atom stereocenters. The number of nitrogens with one attached hydrogen (secondary N) is 2. The summed E-state index contributed by atoms with van der Waals surface area (Å²) >= 11 is 0. The van der Waals surface area contributed by atoms with Gasteiger partial charge in [0.2, 0.25) is 0 Å². The third-order valence-corrected chi connectivity index (χ3v) is 2.50. The molecule has 0 saturated heterocycles. The summed E-state index contributed by atoms with van der Waals surface area (Å²) in [5.74, 6) is 0. The van der Waals surface area contributed by atoms with Crippen molar-refractivity contribution in [3.63, 3.8) is 0 Å². The van der Waals surface area contributed by atoms with Crippen molar-refractivity contribution < 1.29 is 0 Å². The maximum absolute atomic E-state index is 3.24. The van der Waals surface area contributed by atoms with E-state index in [9.17, 15) is 0 Å². The van der Waals surface area contributed by atoms with E-state index in [0.717, 1.165) is 0 Å². The van der Waals surface area contributed by atoms with Gasteiger partial charge in [-0.15, -0.1) is 0 Å². The molecule has 2 N–H and O–H groups in total. The summed E-state index contributed by atoms with van der Waals surface area (Å²) in [5, 5.41) is 6.47. The highest BCUT2D eigenvalue weighted by Crippen LogP contribution is 2.48. The monoisotopic (exact) mass is 142 g/mol. The molecule has 1 saturated carbocycles. The first-order valence-electron chi connectivity index (χ1n) is 4.05. The smallest absolute Gasteiger partial charge is 0.0572 e. The Morgan fingerprint density at radius 1 is 1.30 bits per heavy atom. The van der Waals surface area contributed by atoms with Crippen molar-refractivity contribution in [1.82, 2.24) is 10.6 Å². The van der Waals surface area contributed by atoms with E-state index in [4.69, 9.17) is 0 Å². The molecule has 60 valence electrons. The molecule has 0 aromatic rings. The van der Waals surface area contributed by atoms with Crippen LogP contribution in [0.3, 0.4) is 0 Å². The largest absolute Gasteiger partial charge is 0.305 e. The fourth-order valence-corrected chi connectivity index (χ4v) is 1.26. The number of rotatable bonds is 4. The zero-order chi connectivity index (χ0) is 7.61. The molecule has 0 radical (unpaired) electrons. The average molecular weight is 142 g/mol. The summed E-state index contributed by atoms with van der Waals surface area (Å²) in [6, 6.07) is 0. The second-order valence-corrected chi connectivity index (χ2v) is 3.64. The molecule has 1 rings (SSSR count). The Bertz CT molecular complexity index is 104. The molecule has 1 fully saturated rings. The molecule has 0 spiro atoms. The van der Waals surface area contributed by atoms with Gasteiger partial charge in [0, 0.05) is 0 Å². The zero-order valence-electron chi connectivity index (χ0n) is 7.20. The van der Waals surface area contributed by atoms with E-state index in [0.29, 0.717) is 11.6 Å². The third kappa shape index (κ3) is 1.96. The van der Waals surface area contributed by atoms with Crippen molar-refractivity contribution in [2.45, 2.75) is 32.4 Å². The van der Waals surface area contributed by atoms with Crippen LogP contribution in [-0.4, -0.2) is 20.3 Å². The Hall–Kier alpha value is -0.0800. The molecule has 0 bridgehead atoms. The second kappa shape index (κ2) is 2.89. The van der Waals surface area contributed by atoms with E-state index >= 15 is 0 Å². The second-order valence-electron chi connectivity index (χ2n) is 3.64. The first-order chi connectivity index (χ1) is 4.70. The number of hydrogen-bond donors (Lipinski definition) is 2. The van der Waals surface area contributed by atoms with Crippen LogP contribution in [0.25, 0.3) is 0 Å². The van der Waals surface area contributed by atoms with Crippen LogP contribution in [0.15, 0.2) is 0 Å². The zero-order valence-corrected chi connectivity index (χ0v) is 7.20. The fraction of sp³-hybridized carbons (Fsp3) is 1.00. The summed E-state index contributed by atoms with van der Waals surface area (Å²) in [6.45, 7) is 2.36. The van der Waals surface area contributed by atoms with Crippen molar-refractivity contribution in [3.8, 4) is 0 Å². The molecule has 0 heterocycles. The van der Waals surface area contributed by atoms with Crippen LogP contribution in [-0.2, 0) is 0 Å². The molecule has 0 unspecified atom stereocenters. The van der Waals surface area contributed by atoms with Gasteiger partial charge >= 0.3 is 0 Å². The topological polar surface area (TPSA) is 24.1 Å². The summed E-state index contributed by atoms with van der Waals surface area (Å²) in [4.78, 5) is 0. The molecule has 0 aromatic carbocycles. The lowest BCUT2D eigenvalue weighted by Crippen LogP contribution is -2.39. The first kappa shape index (κ1) is 8.02. The van der Waals surface area contributed by atoms with Crippen molar-refractivity contribution in [3.05, 3.63) is 0 Å². The van der Waals surface area contributed by atoms with Gasteiger partial charge in [-0.25, -0.2) is 0 Å². The molecule has 0 amide bonds. The van der Waals surface area contributed by atoms with Gasteiger partial charge in [0.05, 0.1) is 6.17 Å². The summed E-state index contributed by atoms with van der Waals surface area (Å²) in [7, 11) is 4.01. The minimum absolute atomic E-state index is 0.507. The highest BCUT2D eigenvalue weighted by Gasteiger charge is 2.38. The third-order valence-electron chi connectivity index (χ3n) is 2.50. The Morgan fingerprint density at radius 2 is 1.80 bits per heavy atom. The molecule has 2 heteroatoms. The van der Waals surface area contributed by atoms with Crippen LogP contribution in [0.2, 0.25) is 0 Å². The fourth-order valence-electron chi connectivity index (χ4n) is 1.26. The predicted molar refractivity (Wildman–Crippen MR) is 43.9 cm³/mol. The normalized spacial score (nSPS) is 21.6. The van der Waals surface area contributed by atoms with Crippen LogP contribution >= 0.6 is 0 Å². The Balaban J connectivity index is 2.21. The van der Waals surface area contributed by atoms with E-state index in [2.05, 4.69) is 17.6 Å². The highest BCUT2D eigenvalue weighted by atomic mass is 15.1. The van der Waals surface area contributed by atoms with Crippen molar-refractivity contribution in [1.29, 1.82) is 0 Å². The highest BCUT2D eigenvalue weighted by molar-refractivity contribution is 4.90. The average Bonchev–Trinajstić information content (AvgIpc) is 2.64. The Morgan fingerprint density at radius 3 is 2.10 bits per heavy atom. The van der Waals surface area contributed by atoms with E-state index < -0.39 is 0 Å². The van der Waals surface area contributed by atoms with Gasteiger partial charge in [0.15, 0.2) is 0 Å². The summed E-state index contributed by atoms with van der Waals surface area (Å²) in [5.41, 5.74) is 0.649. The lowest BCUT2D eigenvalue weighted by molar-refractivity contribution is 0.370. The van der Waals surface area contributed by atoms with Gasteiger partial charge in [-0.2, -0.15) is 0 Å². The van der Waals surface area contributed by atoms with Crippen LogP contribution in [0.5, 0.6) is 0 Å². The number of hydrogen-bond acceptors (Lipinski definition) is 2. The van der Waals surface area contributed by atoms with Gasteiger partial charge in [-0.3, -0.25) is 0 Å². The predicted octanol–water partition coefficient (Wildman–Crippen LogP) is 0.941. The van der Waals surface area contributed by atoms with Gasteiger partial charge in [0.25, 0.3) is 0 Å². The molecular formula is C8H18N2. The molecule has 10 heavy (non-hydrogen) atoms. The van der Waals surface area contributed by atoms with Gasteiger partial charge in [0.1, 0.15) is 0 Å². The SMILES string of the molecule is CNC(CC1(C)CC1)NC. The minimum atomic E-state index is 0.507.